The van der Waals surface area contributed by atoms with Gasteiger partial charge < -0.3 is 16.4 Å². The molecule has 0 unspecified atom stereocenters. The second kappa shape index (κ2) is 7.51. The number of hydrogen-bond donors (Lipinski definition) is 3. The fourth-order valence-corrected chi connectivity index (χ4v) is 1.74. The molecule has 120 valence electrons. The fourth-order valence-electron chi connectivity index (χ4n) is 1.74. The summed E-state index contributed by atoms with van der Waals surface area (Å²) in [5.74, 6) is -0.934. The van der Waals surface area contributed by atoms with Crippen LogP contribution >= 0.6 is 0 Å². The van der Waals surface area contributed by atoms with Gasteiger partial charge >= 0.3 is 0 Å². The van der Waals surface area contributed by atoms with Crippen LogP contribution in [-0.2, 0) is 9.59 Å². The van der Waals surface area contributed by atoms with E-state index in [-0.39, 0.29) is 18.2 Å². The Balaban J connectivity index is 2.65. The van der Waals surface area contributed by atoms with Gasteiger partial charge in [-0.3, -0.25) is 19.7 Å². The largest absolute Gasteiger partial charge is 0.346 e. The van der Waals surface area contributed by atoms with Crippen LogP contribution in [0, 0.1) is 23.0 Å². The zero-order chi connectivity index (χ0) is 16.9. The monoisotopic (exact) mass is 308 g/mol. The summed E-state index contributed by atoms with van der Waals surface area (Å²) in [5.41, 5.74) is 6.27. The number of nitro groups is 1. The van der Waals surface area contributed by atoms with Gasteiger partial charge in [0.05, 0.1) is 28.8 Å². The van der Waals surface area contributed by atoms with Crippen LogP contribution in [0.5, 0.6) is 0 Å². The van der Waals surface area contributed by atoms with Gasteiger partial charge in [0, 0.05) is 6.07 Å². The molecule has 1 rings (SSSR count). The van der Waals surface area contributed by atoms with Crippen LogP contribution in [0.4, 0.5) is 11.4 Å². The molecule has 0 radical (unpaired) electrons. The van der Waals surface area contributed by atoms with E-state index in [9.17, 15) is 19.7 Å². The quantitative estimate of drug-likeness (QED) is 0.532. The molecule has 0 saturated carbocycles. The average Bonchev–Trinajstić information content (AvgIpc) is 2.45. The number of hydrogen-bond acceptors (Lipinski definition) is 5. The summed E-state index contributed by atoms with van der Waals surface area (Å²) < 4.78 is 0. The Morgan fingerprint density at radius 3 is 2.55 bits per heavy atom. The third-order valence-corrected chi connectivity index (χ3v) is 3.22. The first-order chi connectivity index (χ1) is 10.2. The van der Waals surface area contributed by atoms with Gasteiger partial charge in [0.2, 0.25) is 11.8 Å². The molecule has 0 aliphatic rings. The predicted octanol–water partition coefficient (Wildman–Crippen LogP) is 0.941. The van der Waals surface area contributed by atoms with Crippen LogP contribution in [0.15, 0.2) is 18.2 Å². The lowest BCUT2D eigenvalue weighted by Crippen LogP contribution is -2.46. The van der Waals surface area contributed by atoms with Gasteiger partial charge in [-0.25, -0.2) is 0 Å². The number of anilines is 1. The molecule has 0 saturated heterocycles. The smallest absolute Gasteiger partial charge is 0.274 e. The SMILES string of the molecule is Cc1c(NC(=O)CNC(=O)[C@@H](N)C(C)C)cccc1[N+](=O)[O-]. The first-order valence-electron chi connectivity index (χ1n) is 6.81. The number of nitro benzene ring substituents is 1. The Morgan fingerprint density at radius 2 is 2.00 bits per heavy atom. The molecule has 1 aromatic carbocycles. The summed E-state index contributed by atoms with van der Waals surface area (Å²) >= 11 is 0. The van der Waals surface area contributed by atoms with Gasteiger partial charge in [0.25, 0.3) is 5.69 Å². The zero-order valence-electron chi connectivity index (χ0n) is 12.8. The maximum Gasteiger partial charge on any atom is 0.274 e. The second-order valence-electron chi connectivity index (χ2n) is 5.24. The summed E-state index contributed by atoms with van der Waals surface area (Å²) in [7, 11) is 0. The van der Waals surface area contributed by atoms with Crippen molar-refractivity contribution >= 4 is 23.2 Å². The van der Waals surface area contributed by atoms with Crippen molar-refractivity contribution in [3.05, 3.63) is 33.9 Å². The minimum absolute atomic E-state index is 0.0397. The number of nitrogens with two attached hydrogens (primary N) is 1. The summed E-state index contributed by atoms with van der Waals surface area (Å²) in [6, 6.07) is 3.71. The highest BCUT2D eigenvalue weighted by Crippen LogP contribution is 2.24. The van der Waals surface area contributed by atoms with Gasteiger partial charge in [-0.15, -0.1) is 0 Å². The molecule has 1 atom stereocenters. The molecular formula is C14H20N4O4. The normalized spacial score (nSPS) is 11.9. The van der Waals surface area contributed by atoms with Crippen LogP contribution in [0.25, 0.3) is 0 Å². The number of nitrogens with one attached hydrogen (secondary N) is 2. The molecule has 0 bridgehead atoms. The van der Waals surface area contributed by atoms with E-state index >= 15 is 0 Å². The topological polar surface area (TPSA) is 127 Å². The maximum atomic E-state index is 11.8. The van der Waals surface area contributed by atoms with Crippen molar-refractivity contribution in [2.75, 3.05) is 11.9 Å². The number of carbonyl (C=O) groups is 2. The van der Waals surface area contributed by atoms with E-state index in [0.717, 1.165) is 0 Å². The number of carbonyl (C=O) groups excluding carboxylic acids is 2. The van der Waals surface area contributed by atoms with E-state index in [0.29, 0.717) is 11.3 Å². The van der Waals surface area contributed by atoms with E-state index in [2.05, 4.69) is 10.6 Å². The van der Waals surface area contributed by atoms with Gasteiger partial charge in [-0.05, 0) is 18.9 Å². The van der Waals surface area contributed by atoms with Gasteiger partial charge in [-0.2, -0.15) is 0 Å². The van der Waals surface area contributed by atoms with Crippen molar-refractivity contribution in [1.29, 1.82) is 0 Å². The molecule has 22 heavy (non-hydrogen) atoms. The number of nitrogens with zero attached hydrogens (tertiary/aromatic N) is 1. The third-order valence-electron chi connectivity index (χ3n) is 3.22. The molecule has 0 aliphatic carbocycles. The van der Waals surface area contributed by atoms with Crippen molar-refractivity contribution in [3.63, 3.8) is 0 Å². The molecule has 8 heteroatoms. The summed E-state index contributed by atoms with van der Waals surface area (Å²) in [6.07, 6.45) is 0. The molecule has 4 N–H and O–H groups in total. The van der Waals surface area contributed by atoms with Crippen molar-refractivity contribution in [2.45, 2.75) is 26.8 Å². The summed E-state index contributed by atoms with van der Waals surface area (Å²) in [6.45, 7) is 4.90. The minimum atomic E-state index is -0.688. The zero-order valence-corrected chi connectivity index (χ0v) is 12.8. The van der Waals surface area contributed by atoms with Gasteiger partial charge in [0.15, 0.2) is 0 Å². The van der Waals surface area contributed by atoms with Crippen molar-refractivity contribution in [1.82, 2.24) is 5.32 Å². The molecular weight excluding hydrogens is 288 g/mol. The standard InChI is InChI=1S/C14H20N4O4/c1-8(2)13(15)14(20)16-7-12(19)17-10-5-4-6-11(9(10)3)18(21)22/h4-6,8,13H,7,15H2,1-3H3,(H,16,20)(H,17,19)/t13-/m0/s1. The highest BCUT2D eigenvalue weighted by atomic mass is 16.6. The summed E-state index contributed by atoms with van der Waals surface area (Å²) in [4.78, 5) is 33.8. The minimum Gasteiger partial charge on any atom is -0.346 e. The lowest BCUT2D eigenvalue weighted by atomic mass is 10.1. The Bertz CT molecular complexity index is 586. The number of benzene rings is 1. The Hall–Kier alpha value is -2.48. The first-order valence-corrected chi connectivity index (χ1v) is 6.81. The lowest BCUT2D eigenvalue weighted by molar-refractivity contribution is -0.385. The van der Waals surface area contributed by atoms with Crippen molar-refractivity contribution < 1.29 is 14.5 Å². The third kappa shape index (κ3) is 4.52. The van der Waals surface area contributed by atoms with E-state index in [1.807, 2.05) is 0 Å². The Labute approximate surface area is 128 Å². The van der Waals surface area contributed by atoms with E-state index in [1.54, 1.807) is 26.8 Å². The molecule has 8 nitrogen and oxygen atoms in total. The number of rotatable bonds is 6. The molecule has 0 aromatic heterocycles. The van der Waals surface area contributed by atoms with E-state index in [4.69, 9.17) is 5.73 Å². The van der Waals surface area contributed by atoms with Crippen molar-refractivity contribution in [3.8, 4) is 0 Å². The fraction of sp³-hybridized carbons (Fsp3) is 0.429. The maximum absolute atomic E-state index is 11.8. The predicted molar refractivity (Wildman–Crippen MR) is 82.3 cm³/mol. The lowest BCUT2D eigenvalue weighted by Gasteiger charge is -2.15. The highest BCUT2D eigenvalue weighted by Gasteiger charge is 2.18. The molecule has 0 fully saturated rings. The van der Waals surface area contributed by atoms with E-state index in [1.165, 1.54) is 12.1 Å². The molecule has 0 spiro atoms. The Morgan fingerprint density at radius 1 is 1.36 bits per heavy atom. The van der Waals surface area contributed by atoms with Gasteiger partial charge in [0.1, 0.15) is 0 Å². The summed E-state index contributed by atoms with van der Waals surface area (Å²) in [5, 5.41) is 15.8. The molecule has 0 aliphatic heterocycles. The molecule has 2 amide bonds. The second-order valence-corrected chi connectivity index (χ2v) is 5.24. The van der Waals surface area contributed by atoms with E-state index < -0.39 is 22.8 Å². The average molecular weight is 308 g/mol. The molecule has 1 aromatic rings. The highest BCUT2D eigenvalue weighted by molar-refractivity contribution is 5.96. The van der Waals surface area contributed by atoms with Crippen LogP contribution in [-0.4, -0.2) is 29.3 Å². The number of amides is 2. The Kier molecular flexibility index (Phi) is 6.00. The van der Waals surface area contributed by atoms with Crippen LogP contribution in [0.1, 0.15) is 19.4 Å². The van der Waals surface area contributed by atoms with Crippen LogP contribution in [0.2, 0.25) is 0 Å². The van der Waals surface area contributed by atoms with Crippen LogP contribution < -0.4 is 16.4 Å². The van der Waals surface area contributed by atoms with Crippen molar-refractivity contribution in [2.24, 2.45) is 11.7 Å². The molecule has 0 heterocycles. The van der Waals surface area contributed by atoms with Crippen LogP contribution in [0.3, 0.4) is 0 Å². The van der Waals surface area contributed by atoms with Gasteiger partial charge in [-0.1, -0.05) is 19.9 Å². The first kappa shape index (κ1) is 17.6.